The van der Waals surface area contributed by atoms with Crippen molar-refractivity contribution in [3.63, 3.8) is 0 Å². The summed E-state index contributed by atoms with van der Waals surface area (Å²) in [5.74, 6) is -0.509. The van der Waals surface area contributed by atoms with Gasteiger partial charge < -0.3 is 20.2 Å². The lowest BCUT2D eigenvalue weighted by Gasteiger charge is -2.26. The van der Waals surface area contributed by atoms with Gasteiger partial charge in [-0.1, -0.05) is 63.8 Å². The standard InChI is InChI=1S/C19H30N2O4Si/c1-14(2)17(18(23)20-16(11-22)13-26(3,4)5)21-19(24)25-12-15-9-7-6-8-10-15/h6-11,14,16-17H,12-13H2,1-5H3,(H,20,23)(H,21,24)/t16?,17-/m0/s1. The number of hydrogen-bond acceptors (Lipinski definition) is 4. The molecular formula is C19H30N2O4Si. The minimum absolute atomic E-state index is 0.131. The Kier molecular flexibility index (Phi) is 8.51. The van der Waals surface area contributed by atoms with Crippen molar-refractivity contribution in [3.8, 4) is 0 Å². The molecule has 0 radical (unpaired) electrons. The lowest BCUT2D eigenvalue weighted by atomic mass is 10.0. The SMILES string of the molecule is CC(C)[C@H](NC(=O)OCc1ccccc1)C(=O)NC(C=O)C[Si](C)(C)C. The Morgan fingerprint density at radius 3 is 2.23 bits per heavy atom. The molecular weight excluding hydrogens is 348 g/mol. The largest absolute Gasteiger partial charge is 0.445 e. The molecule has 0 aliphatic heterocycles. The number of benzene rings is 1. The van der Waals surface area contributed by atoms with Gasteiger partial charge in [0, 0.05) is 8.07 Å². The number of amides is 2. The van der Waals surface area contributed by atoms with Gasteiger partial charge >= 0.3 is 6.09 Å². The Balaban J connectivity index is 2.62. The molecule has 1 unspecified atom stereocenters. The van der Waals surface area contributed by atoms with Crippen LogP contribution in [0.25, 0.3) is 0 Å². The molecule has 0 saturated carbocycles. The summed E-state index contributed by atoms with van der Waals surface area (Å²) in [6.45, 7) is 10.2. The van der Waals surface area contributed by atoms with E-state index in [0.717, 1.165) is 11.8 Å². The normalized spacial score (nSPS) is 13.6. The minimum atomic E-state index is -1.51. The van der Waals surface area contributed by atoms with E-state index in [1.807, 2.05) is 44.2 Å². The summed E-state index contributed by atoms with van der Waals surface area (Å²) in [6, 6.07) is 8.67. The first kappa shape index (κ1) is 21.9. The minimum Gasteiger partial charge on any atom is -0.445 e. The predicted molar refractivity (Wildman–Crippen MR) is 105 cm³/mol. The van der Waals surface area contributed by atoms with Crippen molar-refractivity contribution in [3.05, 3.63) is 35.9 Å². The van der Waals surface area contributed by atoms with E-state index in [4.69, 9.17) is 4.74 Å². The molecule has 2 N–H and O–H groups in total. The third kappa shape index (κ3) is 8.29. The summed E-state index contributed by atoms with van der Waals surface area (Å²) in [5.41, 5.74) is 0.865. The number of carbonyl (C=O) groups excluding carboxylic acids is 3. The smallest absolute Gasteiger partial charge is 0.408 e. The third-order valence-electron chi connectivity index (χ3n) is 3.76. The van der Waals surface area contributed by atoms with Crippen LogP contribution in [0.5, 0.6) is 0 Å². The first-order valence-electron chi connectivity index (χ1n) is 8.85. The highest BCUT2D eigenvalue weighted by Crippen LogP contribution is 2.11. The van der Waals surface area contributed by atoms with E-state index in [-0.39, 0.29) is 18.4 Å². The molecule has 0 spiro atoms. The highest BCUT2D eigenvalue weighted by molar-refractivity contribution is 6.76. The predicted octanol–water partition coefficient (Wildman–Crippen LogP) is 2.96. The van der Waals surface area contributed by atoms with E-state index in [9.17, 15) is 14.4 Å². The molecule has 144 valence electrons. The van der Waals surface area contributed by atoms with E-state index in [0.29, 0.717) is 6.04 Å². The Morgan fingerprint density at radius 1 is 1.12 bits per heavy atom. The summed E-state index contributed by atoms with van der Waals surface area (Å²) in [6.07, 6.45) is 0.108. The molecule has 1 rings (SSSR count). The number of alkyl carbamates (subject to hydrolysis) is 1. The van der Waals surface area contributed by atoms with Crippen molar-refractivity contribution in [2.45, 2.75) is 58.2 Å². The summed E-state index contributed by atoms with van der Waals surface area (Å²) in [5, 5.41) is 5.34. The van der Waals surface area contributed by atoms with Crippen LogP contribution in [0.3, 0.4) is 0 Å². The zero-order valence-corrected chi connectivity index (χ0v) is 17.2. The van der Waals surface area contributed by atoms with E-state index in [1.165, 1.54) is 0 Å². The number of rotatable bonds is 9. The van der Waals surface area contributed by atoms with E-state index in [2.05, 4.69) is 30.3 Å². The Bertz CT molecular complexity index is 599. The van der Waals surface area contributed by atoms with Gasteiger partial charge in [-0.15, -0.1) is 0 Å². The highest BCUT2D eigenvalue weighted by atomic mass is 28.3. The molecule has 2 atom stereocenters. The maximum atomic E-state index is 12.5. The van der Waals surface area contributed by atoms with Crippen LogP contribution in [0.15, 0.2) is 30.3 Å². The van der Waals surface area contributed by atoms with Crippen molar-refractivity contribution < 1.29 is 19.1 Å². The molecule has 0 bridgehead atoms. The molecule has 0 aromatic heterocycles. The van der Waals surface area contributed by atoms with Crippen LogP contribution in [-0.4, -0.2) is 38.4 Å². The number of nitrogens with one attached hydrogen (secondary N) is 2. The van der Waals surface area contributed by atoms with Crippen molar-refractivity contribution in [2.24, 2.45) is 5.92 Å². The molecule has 1 aromatic carbocycles. The van der Waals surface area contributed by atoms with Crippen LogP contribution < -0.4 is 10.6 Å². The summed E-state index contributed by atoms with van der Waals surface area (Å²) >= 11 is 0. The quantitative estimate of drug-likeness (QED) is 0.511. The average Bonchev–Trinajstić information content (AvgIpc) is 2.56. The second kappa shape index (κ2) is 10.1. The number of ether oxygens (including phenoxy) is 1. The van der Waals surface area contributed by atoms with Gasteiger partial charge in [-0.3, -0.25) is 4.79 Å². The zero-order chi connectivity index (χ0) is 19.7. The van der Waals surface area contributed by atoms with Crippen LogP contribution in [0, 0.1) is 5.92 Å². The summed E-state index contributed by atoms with van der Waals surface area (Å²) < 4.78 is 5.18. The Morgan fingerprint density at radius 2 is 1.73 bits per heavy atom. The van der Waals surface area contributed by atoms with Gasteiger partial charge in [0.25, 0.3) is 0 Å². The molecule has 0 aliphatic rings. The number of carbonyl (C=O) groups is 3. The lowest BCUT2D eigenvalue weighted by molar-refractivity contribution is -0.126. The van der Waals surface area contributed by atoms with Crippen LogP contribution in [-0.2, 0) is 20.9 Å². The zero-order valence-electron chi connectivity index (χ0n) is 16.2. The van der Waals surface area contributed by atoms with Crippen molar-refractivity contribution >= 4 is 26.4 Å². The molecule has 1 aromatic rings. The maximum absolute atomic E-state index is 12.5. The Hall–Kier alpha value is -2.15. The highest BCUT2D eigenvalue weighted by Gasteiger charge is 2.28. The monoisotopic (exact) mass is 378 g/mol. The topological polar surface area (TPSA) is 84.5 Å². The third-order valence-corrected chi connectivity index (χ3v) is 5.42. The molecule has 0 aliphatic carbocycles. The number of aldehydes is 1. The van der Waals surface area contributed by atoms with E-state index < -0.39 is 26.3 Å². The molecule has 7 heteroatoms. The second-order valence-corrected chi connectivity index (χ2v) is 13.5. The van der Waals surface area contributed by atoms with Gasteiger partial charge in [0.05, 0.1) is 6.04 Å². The number of hydrogen-bond donors (Lipinski definition) is 2. The van der Waals surface area contributed by atoms with Gasteiger partial charge in [-0.25, -0.2) is 4.79 Å². The van der Waals surface area contributed by atoms with Crippen LogP contribution >= 0.6 is 0 Å². The van der Waals surface area contributed by atoms with Gasteiger partial charge in [-0.05, 0) is 17.5 Å². The van der Waals surface area contributed by atoms with E-state index >= 15 is 0 Å². The van der Waals surface area contributed by atoms with Gasteiger partial charge in [-0.2, -0.15) is 0 Å². The fraction of sp³-hybridized carbons (Fsp3) is 0.526. The fourth-order valence-electron chi connectivity index (χ4n) is 2.49. The van der Waals surface area contributed by atoms with Gasteiger partial charge in [0.2, 0.25) is 5.91 Å². The molecule has 6 nitrogen and oxygen atoms in total. The molecule has 0 saturated heterocycles. The maximum Gasteiger partial charge on any atom is 0.408 e. The lowest BCUT2D eigenvalue weighted by Crippen LogP contribution is -2.53. The first-order chi connectivity index (χ1) is 12.1. The average molecular weight is 379 g/mol. The molecule has 26 heavy (non-hydrogen) atoms. The first-order valence-corrected chi connectivity index (χ1v) is 12.6. The van der Waals surface area contributed by atoms with Crippen LogP contribution in [0.2, 0.25) is 25.7 Å². The van der Waals surface area contributed by atoms with Crippen molar-refractivity contribution in [2.75, 3.05) is 0 Å². The van der Waals surface area contributed by atoms with E-state index in [1.54, 1.807) is 0 Å². The Labute approximate surface area is 156 Å². The van der Waals surface area contributed by atoms with Gasteiger partial charge in [0.1, 0.15) is 18.9 Å². The van der Waals surface area contributed by atoms with Crippen molar-refractivity contribution in [1.82, 2.24) is 10.6 Å². The summed E-state index contributed by atoms with van der Waals surface area (Å²) in [4.78, 5) is 35.9. The molecule has 0 fully saturated rings. The molecule has 0 heterocycles. The van der Waals surface area contributed by atoms with Crippen LogP contribution in [0.1, 0.15) is 19.4 Å². The second-order valence-electron chi connectivity index (χ2n) is 7.94. The van der Waals surface area contributed by atoms with Crippen molar-refractivity contribution in [1.29, 1.82) is 0 Å². The molecule has 2 amide bonds. The van der Waals surface area contributed by atoms with Crippen LogP contribution in [0.4, 0.5) is 4.79 Å². The fourth-order valence-corrected chi connectivity index (χ4v) is 4.01. The summed E-state index contributed by atoms with van der Waals surface area (Å²) in [7, 11) is -1.51. The van der Waals surface area contributed by atoms with Gasteiger partial charge in [0.15, 0.2) is 0 Å².